The lowest BCUT2D eigenvalue weighted by atomic mass is 9.86. The summed E-state index contributed by atoms with van der Waals surface area (Å²) in [5, 5.41) is 13.7. The van der Waals surface area contributed by atoms with Crippen LogP contribution in [0.4, 0.5) is 4.39 Å². The van der Waals surface area contributed by atoms with Gasteiger partial charge in [0.15, 0.2) is 0 Å². The van der Waals surface area contributed by atoms with Gasteiger partial charge >= 0.3 is 0 Å². The Hall–Kier alpha value is -1.88. The van der Waals surface area contributed by atoms with Gasteiger partial charge in [-0.05, 0) is 57.3 Å². The average Bonchev–Trinajstić information content (AvgIpc) is 2.69. The molecular formula is C16H21FN2O2. The highest BCUT2D eigenvalue weighted by Crippen LogP contribution is 2.21. The average molecular weight is 292 g/mol. The number of hydrogen-bond acceptors (Lipinski definition) is 2. The first-order valence-electron chi connectivity index (χ1n) is 6.88. The summed E-state index contributed by atoms with van der Waals surface area (Å²) in [6.45, 7) is 6.89. The van der Waals surface area contributed by atoms with Gasteiger partial charge in [-0.25, -0.2) is 4.39 Å². The Morgan fingerprint density at radius 1 is 1.29 bits per heavy atom. The maximum absolute atomic E-state index is 13.3. The van der Waals surface area contributed by atoms with E-state index >= 15 is 0 Å². The second-order valence-electron chi connectivity index (χ2n) is 6.38. The van der Waals surface area contributed by atoms with Crippen molar-refractivity contribution in [3.05, 3.63) is 36.3 Å². The number of aromatic nitrogens is 1. The second-order valence-corrected chi connectivity index (χ2v) is 6.38. The van der Waals surface area contributed by atoms with Crippen molar-refractivity contribution in [2.24, 2.45) is 0 Å². The molecule has 4 nitrogen and oxygen atoms in total. The van der Waals surface area contributed by atoms with Crippen LogP contribution in [0.25, 0.3) is 10.9 Å². The highest BCUT2D eigenvalue weighted by molar-refractivity contribution is 5.83. The number of hydrogen-bond donors (Lipinski definition) is 2. The summed E-state index contributed by atoms with van der Waals surface area (Å²) in [4.78, 5) is 12.2. The van der Waals surface area contributed by atoms with E-state index in [4.69, 9.17) is 0 Å². The molecule has 1 aromatic heterocycles. The lowest BCUT2D eigenvalue weighted by molar-refractivity contribution is -0.126. The van der Waals surface area contributed by atoms with Crippen LogP contribution in [-0.4, -0.2) is 26.7 Å². The Labute approximate surface area is 123 Å². The fraction of sp³-hybridized carbons (Fsp3) is 0.438. The molecule has 2 N–H and O–H groups in total. The molecule has 0 saturated heterocycles. The smallest absolute Gasteiger partial charge is 0.240 e. The number of nitrogens with zero attached hydrogens (tertiary/aromatic N) is 1. The van der Waals surface area contributed by atoms with Crippen LogP contribution >= 0.6 is 0 Å². The summed E-state index contributed by atoms with van der Waals surface area (Å²) in [7, 11) is 0. The molecule has 0 bridgehead atoms. The topological polar surface area (TPSA) is 54.3 Å². The van der Waals surface area contributed by atoms with E-state index in [9.17, 15) is 14.3 Å². The summed E-state index contributed by atoms with van der Waals surface area (Å²) in [6, 6.07) is 6.32. The van der Waals surface area contributed by atoms with Gasteiger partial charge < -0.3 is 15.0 Å². The number of halogens is 1. The molecule has 1 amide bonds. The van der Waals surface area contributed by atoms with Gasteiger partial charge in [-0.3, -0.25) is 4.79 Å². The number of aliphatic hydroxyl groups is 1. The zero-order chi connectivity index (χ0) is 15.8. The van der Waals surface area contributed by atoms with Crippen molar-refractivity contribution < 1.29 is 14.3 Å². The molecule has 0 aliphatic carbocycles. The number of benzene rings is 1. The van der Waals surface area contributed by atoms with E-state index in [1.165, 1.54) is 12.1 Å². The zero-order valence-corrected chi connectivity index (χ0v) is 12.8. The predicted molar refractivity (Wildman–Crippen MR) is 80.4 cm³/mol. The molecule has 0 aliphatic rings. The lowest BCUT2D eigenvalue weighted by Gasteiger charge is -2.38. The highest BCUT2D eigenvalue weighted by atomic mass is 19.1. The molecule has 114 valence electrons. The van der Waals surface area contributed by atoms with Crippen LogP contribution in [-0.2, 0) is 11.3 Å². The summed E-state index contributed by atoms with van der Waals surface area (Å²) >= 11 is 0. The number of carbonyl (C=O) groups excluding carboxylic acids is 1. The minimum absolute atomic E-state index is 0.0759. The predicted octanol–water partition coefficient (Wildman–Crippen LogP) is 2.45. The number of carbonyl (C=O) groups is 1. The third kappa shape index (κ3) is 3.24. The number of amides is 1. The van der Waals surface area contributed by atoms with Crippen LogP contribution in [0, 0.1) is 5.82 Å². The third-order valence-corrected chi connectivity index (χ3v) is 4.03. The van der Waals surface area contributed by atoms with Crippen molar-refractivity contribution >= 4 is 16.8 Å². The Bertz CT molecular complexity index is 668. The quantitative estimate of drug-likeness (QED) is 0.909. The van der Waals surface area contributed by atoms with Crippen molar-refractivity contribution in [2.75, 3.05) is 0 Å². The zero-order valence-electron chi connectivity index (χ0n) is 12.8. The van der Waals surface area contributed by atoms with E-state index in [1.54, 1.807) is 44.5 Å². The van der Waals surface area contributed by atoms with E-state index in [2.05, 4.69) is 5.32 Å². The van der Waals surface area contributed by atoms with E-state index in [1.807, 2.05) is 6.07 Å². The van der Waals surface area contributed by atoms with Crippen LogP contribution in [0.2, 0.25) is 0 Å². The van der Waals surface area contributed by atoms with Crippen LogP contribution in [0.15, 0.2) is 30.5 Å². The van der Waals surface area contributed by atoms with Crippen molar-refractivity contribution in [3.63, 3.8) is 0 Å². The molecule has 0 fully saturated rings. The van der Waals surface area contributed by atoms with Crippen molar-refractivity contribution in [2.45, 2.75) is 45.4 Å². The molecule has 0 radical (unpaired) electrons. The van der Waals surface area contributed by atoms with E-state index in [0.29, 0.717) is 5.52 Å². The lowest BCUT2D eigenvalue weighted by Crippen LogP contribution is -2.58. The van der Waals surface area contributed by atoms with Crippen LogP contribution in [0.1, 0.15) is 27.7 Å². The van der Waals surface area contributed by atoms with E-state index < -0.39 is 11.1 Å². The molecule has 0 saturated carbocycles. The Morgan fingerprint density at radius 3 is 2.57 bits per heavy atom. The minimum Gasteiger partial charge on any atom is -0.388 e. The fourth-order valence-corrected chi connectivity index (χ4v) is 1.99. The molecule has 0 atom stereocenters. The first kappa shape index (κ1) is 15.5. The molecule has 0 unspecified atom stereocenters. The van der Waals surface area contributed by atoms with Gasteiger partial charge in [-0.1, -0.05) is 0 Å². The number of fused-ring (bicyclic) bond motifs is 1. The van der Waals surface area contributed by atoms with Gasteiger partial charge in [0, 0.05) is 6.20 Å². The van der Waals surface area contributed by atoms with Gasteiger partial charge in [0.05, 0.1) is 16.7 Å². The van der Waals surface area contributed by atoms with Crippen molar-refractivity contribution in [1.82, 2.24) is 9.88 Å². The maximum Gasteiger partial charge on any atom is 0.240 e. The van der Waals surface area contributed by atoms with Gasteiger partial charge in [-0.15, -0.1) is 0 Å². The largest absolute Gasteiger partial charge is 0.388 e. The number of rotatable bonds is 4. The maximum atomic E-state index is 13.3. The van der Waals surface area contributed by atoms with E-state index in [-0.39, 0.29) is 18.3 Å². The first-order valence-corrected chi connectivity index (χ1v) is 6.88. The molecule has 1 heterocycles. The monoisotopic (exact) mass is 292 g/mol. The molecule has 5 heteroatoms. The standard InChI is InChI=1S/C16H21FN2O2/c1-15(2,16(3,4)21)18-14(20)10-19-8-7-11-5-6-12(17)9-13(11)19/h5-9,21H,10H2,1-4H3,(H,18,20). The Balaban J connectivity index is 2.17. The summed E-state index contributed by atoms with van der Waals surface area (Å²) in [5.74, 6) is -0.566. The normalized spacial score (nSPS) is 12.7. The summed E-state index contributed by atoms with van der Waals surface area (Å²) in [6.07, 6.45) is 1.75. The van der Waals surface area contributed by atoms with E-state index in [0.717, 1.165) is 5.39 Å². The third-order valence-electron chi connectivity index (χ3n) is 4.03. The van der Waals surface area contributed by atoms with Gasteiger partial charge in [0.2, 0.25) is 5.91 Å². The van der Waals surface area contributed by atoms with Crippen molar-refractivity contribution in [1.29, 1.82) is 0 Å². The minimum atomic E-state index is -1.05. The SMILES string of the molecule is CC(C)(O)C(C)(C)NC(=O)Cn1ccc2ccc(F)cc21. The molecule has 21 heavy (non-hydrogen) atoms. The Morgan fingerprint density at radius 2 is 1.95 bits per heavy atom. The molecule has 2 aromatic rings. The van der Waals surface area contributed by atoms with Crippen LogP contribution in [0.5, 0.6) is 0 Å². The second kappa shape index (κ2) is 5.15. The molecule has 0 spiro atoms. The first-order chi connectivity index (χ1) is 9.60. The van der Waals surface area contributed by atoms with Crippen LogP contribution < -0.4 is 5.32 Å². The summed E-state index contributed by atoms with van der Waals surface area (Å²) < 4.78 is 15.0. The fourth-order valence-electron chi connectivity index (χ4n) is 1.99. The Kier molecular flexibility index (Phi) is 3.80. The van der Waals surface area contributed by atoms with Gasteiger partial charge in [-0.2, -0.15) is 0 Å². The van der Waals surface area contributed by atoms with Gasteiger partial charge in [0.1, 0.15) is 12.4 Å². The van der Waals surface area contributed by atoms with Crippen molar-refractivity contribution in [3.8, 4) is 0 Å². The molecule has 2 rings (SSSR count). The highest BCUT2D eigenvalue weighted by Gasteiger charge is 2.36. The summed E-state index contributed by atoms with van der Waals surface area (Å²) in [5.41, 5.74) is -1.14. The van der Waals surface area contributed by atoms with Crippen LogP contribution in [0.3, 0.4) is 0 Å². The molecule has 1 aromatic carbocycles. The molecular weight excluding hydrogens is 271 g/mol. The van der Waals surface area contributed by atoms with Gasteiger partial charge in [0.25, 0.3) is 0 Å². The molecule has 0 aliphatic heterocycles. The number of nitrogens with one attached hydrogen (secondary N) is 1.